The Balaban J connectivity index is 1.76. The van der Waals surface area contributed by atoms with Gasteiger partial charge in [-0.3, -0.25) is 67.1 Å². The van der Waals surface area contributed by atoms with Crippen molar-refractivity contribution in [2.45, 2.75) is 218 Å². The van der Waals surface area contributed by atoms with Crippen molar-refractivity contribution >= 4 is 94.6 Å². The second kappa shape index (κ2) is 69.4. The van der Waals surface area contributed by atoms with Gasteiger partial charge >= 0.3 is 71.6 Å². The lowest BCUT2D eigenvalue weighted by Gasteiger charge is -2.28. The summed E-state index contributed by atoms with van der Waals surface area (Å²) in [5.74, 6) is -7.81. The molecule has 2 aromatic rings. The summed E-state index contributed by atoms with van der Waals surface area (Å²) < 4.78 is 85.6. The van der Waals surface area contributed by atoms with Crippen molar-refractivity contribution < 1.29 is 163 Å². The summed E-state index contributed by atoms with van der Waals surface area (Å²) in [6, 6.07) is 6.73. The maximum Gasteiger partial charge on any atom is 0.305 e. The minimum Gasteiger partial charge on any atom is -0.463 e. The number of anilines is 2. The quantitative estimate of drug-likeness (QED) is 0.0187. The lowest BCUT2D eigenvalue weighted by atomic mass is 9.82. The van der Waals surface area contributed by atoms with Gasteiger partial charge in [-0.2, -0.15) is 0 Å². The van der Waals surface area contributed by atoms with E-state index in [0.717, 1.165) is 0 Å². The summed E-state index contributed by atoms with van der Waals surface area (Å²) in [4.78, 5) is 181. The molecule has 0 radical (unpaired) electrons. The largest absolute Gasteiger partial charge is 0.463 e. The zero-order valence-electron chi connectivity index (χ0n) is 69.3. The Kier molecular flexibility index (Phi) is 60.6. The molecule has 0 amide bonds. The molecule has 1 aliphatic carbocycles. The molecule has 0 aliphatic heterocycles. The molecule has 0 bridgehead atoms. The minimum absolute atomic E-state index is 0.0195. The number of aliphatic hydroxyl groups excluding tert-OH is 4. The Morgan fingerprint density at radius 2 is 0.408 bits per heavy atom. The van der Waals surface area contributed by atoms with Gasteiger partial charge in [0.2, 0.25) is 0 Å². The molecule has 6 N–H and O–H groups in total. The number of fused-ring (bicyclic) bond motifs is 2. The molecule has 0 spiro atoms. The van der Waals surface area contributed by atoms with E-state index in [0.29, 0.717) is 77.0 Å². The van der Waals surface area contributed by atoms with Crippen molar-refractivity contribution in [3.05, 3.63) is 58.7 Å². The van der Waals surface area contributed by atoms with Gasteiger partial charge in [0.05, 0.1) is 76.1 Å². The highest BCUT2D eigenvalue weighted by Crippen LogP contribution is 2.37. The predicted molar refractivity (Wildman–Crippen MR) is 425 cm³/mol. The fraction of sp³-hybridized carbons (Fsp3) is 0.690. The van der Waals surface area contributed by atoms with Crippen LogP contribution in [0.2, 0.25) is 0 Å². The highest BCUT2D eigenvalue weighted by molar-refractivity contribution is 6.32. The monoisotopic (exact) mass is 1710 g/mol. The van der Waals surface area contributed by atoms with Gasteiger partial charge in [-0.05, 0) is 115 Å². The Bertz CT molecular complexity index is 2970. The number of ketones is 2. The van der Waals surface area contributed by atoms with Crippen molar-refractivity contribution in [1.29, 1.82) is 0 Å². The SMILES string of the molecule is O=C(CCCCCO)OCCOCCOC(=O)CCCCC(=O)OCC(COC(=O)CCCCC(=O)OCCOCCOC(=O)CCCCCO)Nc1ccc(NC(COC(=O)CCCCC(=O)OCCOCCOC(=O)CCCCCO)COC(=O)CCCCC(=O)OCCOCCOC(=O)CCCCCO)c2c1C(=O)c1ccccc1C2=O. The van der Waals surface area contributed by atoms with Crippen LogP contribution in [0.3, 0.4) is 0 Å². The Morgan fingerprint density at radius 3 is 0.592 bits per heavy atom. The van der Waals surface area contributed by atoms with Gasteiger partial charge in [0.1, 0.15) is 79.3 Å². The van der Waals surface area contributed by atoms with Crippen LogP contribution >= 0.6 is 0 Å². The van der Waals surface area contributed by atoms with Crippen molar-refractivity contribution in [3.63, 3.8) is 0 Å². The molecule has 676 valence electrons. The van der Waals surface area contributed by atoms with Crippen LogP contribution in [0.1, 0.15) is 237 Å². The highest BCUT2D eigenvalue weighted by atomic mass is 16.6. The number of rotatable bonds is 76. The average molecular weight is 1710 g/mol. The fourth-order valence-electron chi connectivity index (χ4n) is 11.3. The number of carbonyl (C=O) groups is 14. The van der Waals surface area contributed by atoms with Gasteiger partial charge in [-0.1, -0.05) is 49.9 Å². The molecule has 36 heteroatoms. The van der Waals surface area contributed by atoms with Gasteiger partial charge in [-0.25, -0.2) is 0 Å². The minimum atomic E-state index is -1.10. The standard InChI is InChI=1S/C84H126N2O34/c87-39-19-1-5-25-69(91)109-51-43-105-47-55-113-73(95)29-11-15-33-77(99)117-59-63(60-118-78(100)34-16-12-30-74(96)114-56-48-106-44-52-110-70(92)26-6-2-20-40-88)85-67-37-38-68(82-81(67)83(103)65-23-9-10-24-66(65)84(82)104)86-64(61-119-79(101)35-17-13-31-75(97)115-57-49-107-45-53-111-71(93)27-7-3-21-41-89)62-120-80(102)36-18-14-32-76(98)116-58-50-108-46-54-112-72(94)28-8-4-22-42-90/h9-10,23-24,37-38,63-64,85-90H,1-8,11-22,25-36,39-62H2. The first-order valence-electron chi connectivity index (χ1n) is 41.8. The second-order valence-electron chi connectivity index (χ2n) is 27.7. The maximum absolute atomic E-state index is 14.9. The third-order valence-electron chi connectivity index (χ3n) is 17.7. The molecular formula is C84H126N2O34. The molecule has 0 fully saturated rings. The van der Waals surface area contributed by atoms with Crippen LogP contribution < -0.4 is 10.6 Å². The summed E-state index contributed by atoms with van der Waals surface area (Å²) in [5, 5.41) is 41.9. The van der Waals surface area contributed by atoms with Crippen molar-refractivity contribution in [1.82, 2.24) is 0 Å². The number of nitrogens with one attached hydrogen (secondary N) is 2. The Hall–Kier alpha value is -9.30. The first-order valence-corrected chi connectivity index (χ1v) is 41.8. The Morgan fingerprint density at radius 1 is 0.233 bits per heavy atom. The summed E-state index contributed by atoms with van der Waals surface area (Å²) in [7, 11) is 0. The molecule has 120 heavy (non-hydrogen) atoms. The van der Waals surface area contributed by atoms with Crippen molar-refractivity contribution in [2.75, 3.05) is 169 Å². The fourth-order valence-corrected chi connectivity index (χ4v) is 11.3. The summed E-state index contributed by atoms with van der Waals surface area (Å²) in [6.07, 6.45) is 9.38. The lowest BCUT2D eigenvalue weighted by molar-refractivity contribution is -0.149. The number of esters is 12. The van der Waals surface area contributed by atoms with E-state index in [9.17, 15) is 67.1 Å². The summed E-state index contributed by atoms with van der Waals surface area (Å²) in [5.41, 5.74) is -0.219. The number of hydrogen-bond donors (Lipinski definition) is 6. The van der Waals surface area contributed by atoms with Gasteiger partial charge in [0, 0.05) is 126 Å². The van der Waals surface area contributed by atoms with E-state index in [1.807, 2.05) is 0 Å². The first kappa shape index (κ1) is 105. The van der Waals surface area contributed by atoms with Crippen LogP contribution in [-0.4, -0.2) is 274 Å². The van der Waals surface area contributed by atoms with Gasteiger partial charge in [0.15, 0.2) is 11.6 Å². The number of hydrogen-bond acceptors (Lipinski definition) is 36. The van der Waals surface area contributed by atoms with E-state index in [1.54, 1.807) is 12.1 Å². The molecule has 0 saturated heterocycles. The molecular weight excluding hydrogens is 1580 g/mol. The van der Waals surface area contributed by atoms with Crippen LogP contribution in [0.5, 0.6) is 0 Å². The zero-order valence-corrected chi connectivity index (χ0v) is 69.3. The molecule has 0 aromatic heterocycles. The number of aliphatic hydroxyl groups is 4. The topological polar surface area (TPSA) is 492 Å². The average Bonchev–Trinajstić information content (AvgIpc) is 0.741. The van der Waals surface area contributed by atoms with Crippen molar-refractivity contribution in [3.8, 4) is 0 Å². The van der Waals surface area contributed by atoms with Crippen LogP contribution in [0.15, 0.2) is 36.4 Å². The van der Waals surface area contributed by atoms with Crippen LogP contribution in [0.4, 0.5) is 11.4 Å². The van der Waals surface area contributed by atoms with Crippen molar-refractivity contribution in [2.24, 2.45) is 0 Å². The smallest absolute Gasteiger partial charge is 0.305 e. The van der Waals surface area contributed by atoms with Crippen LogP contribution in [0, 0.1) is 0 Å². The van der Waals surface area contributed by atoms with E-state index in [-0.39, 0.29) is 318 Å². The number of ether oxygens (including phenoxy) is 16. The highest BCUT2D eigenvalue weighted by Gasteiger charge is 2.36. The van der Waals surface area contributed by atoms with Gasteiger partial charge < -0.3 is 107 Å². The number of carbonyl (C=O) groups excluding carboxylic acids is 14. The van der Waals surface area contributed by atoms with Gasteiger partial charge in [-0.15, -0.1) is 0 Å². The van der Waals surface area contributed by atoms with E-state index >= 15 is 0 Å². The lowest BCUT2D eigenvalue weighted by Crippen LogP contribution is -2.36. The molecule has 0 heterocycles. The molecule has 3 rings (SSSR count). The van der Waals surface area contributed by atoms with Crippen LogP contribution in [-0.2, 0) is 133 Å². The van der Waals surface area contributed by atoms with Gasteiger partial charge in [0.25, 0.3) is 0 Å². The Labute approximate surface area is 700 Å². The third-order valence-corrected chi connectivity index (χ3v) is 17.7. The molecule has 0 unspecified atom stereocenters. The second-order valence-corrected chi connectivity index (χ2v) is 27.7. The molecule has 1 aliphatic rings. The number of unbranched alkanes of at least 4 members (excludes halogenated alkanes) is 12. The van der Waals surface area contributed by atoms with Crippen LogP contribution in [0.25, 0.3) is 0 Å². The molecule has 0 saturated carbocycles. The van der Waals surface area contributed by atoms with E-state index in [2.05, 4.69) is 10.6 Å². The molecule has 2 aromatic carbocycles. The number of benzene rings is 2. The normalized spacial score (nSPS) is 11.4. The third kappa shape index (κ3) is 52.7. The predicted octanol–water partition coefficient (Wildman–Crippen LogP) is 7.06. The van der Waals surface area contributed by atoms with E-state index in [4.69, 9.17) is 96.2 Å². The molecule has 0 atom stereocenters. The van der Waals surface area contributed by atoms with E-state index in [1.165, 1.54) is 24.3 Å². The summed E-state index contributed by atoms with van der Waals surface area (Å²) in [6.45, 7) is -1.33. The van der Waals surface area contributed by atoms with E-state index < -0.39 is 97.8 Å². The summed E-state index contributed by atoms with van der Waals surface area (Å²) >= 11 is 0. The molecule has 36 nitrogen and oxygen atoms in total. The first-order chi connectivity index (χ1) is 58.3. The maximum atomic E-state index is 14.9. The zero-order chi connectivity index (χ0) is 87.3.